The molecule has 0 amide bonds. The first-order chi connectivity index (χ1) is 8.85. The molecule has 1 unspecified atom stereocenters. The molecule has 0 heterocycles. The fourth-order valence-electron chi connectivity index (χ4n) is 2.10. The maximum absolute atomic E-state index is 12.5. The molecule has 0 aliphatic carbocycles. The molecule has 0 aromatic heterocycles. The highest BCUT2D eigenvalue weighted by atomic mass is 19.4. The van der Waals surface area contributed by atoms with Crippen LogP contribution in [-0.4, -0.2) is 28.6 Å². The molecule has 19 heavy (non-hydrogen) atoms. The highest BCUT2D eigenvalue weighted by Crippen LogP contribution is 2.33. The van der Waals surface area contributed by atoms with Gasteiger partial charge in [-0.1, -0.05) is 30.3 Å². The van der Waals surface area contributed by atoms with Crippen molar-refractivity contribution in [1.29, 1.82) is 0 Å². The number of aliphatic hydroxyl groups is 2. The van der Waals surface area contributed by atoms with Crippen LogP contribution in [0, 0.1) is 0 Å². The van der Waals surface area contributed by atoms with Gasteiger partial charge in [0.25, 0.3) is 0 Å². The Balaban J connectivity index is 2.63. The number of alkyl halides is 3. The Morgan fingerprint density at radius 3 is 2.16 bits per heavy atom. The first kappa shape index (κ1) is 16.0. The van der Waals surface area contributed by atoms with E-state index in [2.05, 4.69) is 0 Å². The van der Waals surface area contributed by atoms with Crippen LogP contribution in [0.5, 0.6) is 0 Å². The van der Waals surface area contributed by atoms with Gasteiger partial charge in [-0.2, -0.15) is 13.2 Å². The van der Waals surface area contributed by atoms with Crippen molar-refractivity contribution in [3.05, 3.63) is 35.9 Å². The number of halogens is 3. The summed E-state index contributed by atoms with van der Waals surface area (Å²) in [6.07, 6.45) is -5.08. The average molecular weight is 276 g/mol. The highest BCUT2D eigenvalue weighted by molar-refractivity contribution is 5.15. The predicted octanol–water partition coefficient (Wildman–Crippen LogP) is 3.08. The van der Waals surface area contributed by atoms with E-state index >= 15 is 0 Å². The second-order valence-corrected chi connectivity index (χ2v) is 4.83. The lowest BCUT2D eigenvalue weighted by atomic mass is 9.87. The monoisotopic (exact) mass is 276 g/mol. The minimum Gasteiger partial charge on any atom is -0.396 e. The van der Waals surface area contributed by atoms with Gasteiger partial charge < -0.3 is 10.2 Å². The molecule has 1 aromatic rings. The van der Waals surface area contributed by atoms with E-state index in [-0.39, 0.29) is 25.9 Å². The van der Waals surface area contributed by atoms with Gasteiger partial charge in [0.05, 0.1) is 12.0 Å². The normalized spacial score (nSPS) is 15.2. The molecule has 0 aliphatic heterocycles. The molecule has 0 bridgehead atoms. The van der Waals surface area contributed by atoms with Crippen LogP contribution in [-0.2, 0) is 6.42 Å². The lowest BCUT2D eigenvalue weighted by molar-refractivity contribution is -0.179. The minimum absolute atomic E-state index is 0.0382. The van der Waals surface area contributed by atoms with Gasteiger partial charge in [-0.3, -0.25) is 0 Å². The fraction of sp³-hybridized carbons (Fsp3) is 0.571. The van der Waals surface area contributed by atoms with Gasteiger partial charge in [-0.15, -0.1) is 0 Å². The van der Waals surface area contributed by atoms with Crippen molar-refractivity contribution in [1.82, 2.24) is 0 Å². The van der Waals surface area contributed by atoms with Crippen LogP contribution in [0.1, 0.15) is 31.2 Å². The van der Waals surface area contributed by atoms with E-state index in [9.17, 15) is 18.3 Å². The summed E-state index contributed by atoms with van der Waals surface area (Å²) in [5.74, 6) is 0. The number of benzene rings is 1. The molecule has 0 fully saturated rings. The summed E-state index contributed by atoms with van der Waals surface area (Å²) in [4.78, 5) is 0. The number of aliphatic hydroxyl groups excluding tert-OH is 1. The lowest BCUT2D eigenvalue weighted by Gasteiger charge is -2.29. The number of aryl methyl sites for hydroxylation is 1. The second-order valence-electron chi connectivity index (χ2n) is 4.83. The largest absolute Gasteiger partial charge is 0.396 e. The van der Waals surface area contributed by atoms with Gasteiger partial charge in [0, 0.05) is 6.61 Å². The Bertz CT molecular complexity index is 365. The highest BCUT2D eigenvalue weighted by Gasteiger charge is 2.40. The van der Waals surface area contributed by atoms with Crippen molar-refractivity contribution in [2.75, 3.05) is 6.61 Å². The van der Waals surface area contributed by atoms with Crippen molar-refractivity contribution < 1.29 is 23.4 Å². The van der Waals surface area contributed by atoms with Crippen LogP contribution in [0.3, 0.4) is 0 Å². The molecular formula is C14H19F3O2. The molecule has 108 valence electrons. The Morgan fingerprint density at radius 1 is 1.00 bits per heavy atom. The Kier molecular flexibility index (Phi) is 5.82. The molecule has 2 nitrogen and oxygen atoms in total. The third-order valence-electron chi connectivity index (χ3n) is 3.05. The van der Waals surface area contributed by atoms with Gasteiger partial charge in [0.1, 0.15) is 0 Å². The van der Waals surface area contributed by atoms with Crippen LogP contribution < -0.4 is 0 Å². The SMILES string of the molecule is OCCCC(O)(CCc1ccccc1)CC(F)(F)F. The zero-order valence-corrected chi connectivity index (χ0v) is 10.7. The maximum atomic E-state index is 12.5. The number of hydrogen-bond acceptors (Lipinski definition) is 2. The summed E-state index contributed by atoms with van der Waals surface area (Å²) in [6.45, 7) is -0.217. The molecule has 1 rings (SSSR count). The second kappa shape index (κ2) is 6.91. The van der Waals surface area contributed by atoms with Crippen LogP contribution >= 0.6 is 0 Å². The smallest absolute Gasteiger partial charge is 0.391 e. The molecule has 0 spiro atoms. The first-order valence-electron chi connectivity index (χ1n) is 6.29. The van der Waals surface area contributed by atoms with E-state index in [1.807, 2.05) is 30.3 Å². The number of hydrogen-bond donors (Lipinski definition) is 2. The van der Waals surface area contributed by atoms with Crippen LogP contribution in [0.4, 0.5) is 13.2 Å². The van der Waals surface area contributed by atoms with Gasteiger partial charge in [0.2, 0.25) is 0 Å². The first-order valence-corrected chi connectivity index (χ1v) is 6.29. The third-order valence-corrected chi connectivity index (χ3v) is 3.05. The molecular weight excluding hydrogens is 257 g/mol. The topological polar surface area (TPSA) is 40.5 Å². The molecule has 0 radical (unpaired) electrons. The predicted molar refractivity (Wildman–Crippen MR) is 66.7 cm³/mol. The minimum atomic E-state index is -4.40. The zero-order chi connectivity index (χ0) is 14.4. The van der Waals surface area contributed by atoms with Gasteiger partial charge >= 0.3 is 6.18 Å². The van der Waals surface area contributed by atoms with Crippen molar-refractivity contribution in [3.8, 4) is 0 Å². The molecule has 0 saturated heterocycles. The fourth-order valence-corrected chi connectivity index (χ4v) is 2.10. The summed E-state index contributed by atoms with van der Waals surface area (Å²) in [6, 6.07) is 9.09. The summed E-state index contributed by atoms with van der Waals surface area (Å²) >= 11 is 0. The quantitative estimate of drug-likeness (QED) is 0.803. The average Bonchev–Trinajstić information content (AvgIpc) is 2.33. The number of rotatable bonds is 7. The Labute approximate surface area is 110 Å². The zero-order valence-electron chi connectivity index (χ0n) is 10.7. The summed E-state index contributed by atoms with van der Waals surface area (Å²) in [5.41, 5.74) is -0.899. The third kappa shape index (κ3) is 6.59. The maximum Gasteiger partial charge on any atom is 0.391 e. The van der Waals surface area contributed by atoms with Gasteiger partial charge in [0.15, 0.2) is 0 Å². The summed E-state index contributed by atoms with van der Waals surface area (Å²) in [7, 11) is 0. The molecule has 0 saturated carbocycles. The van der Waals surface area contributed by atoms with Gasteiger partial charge in [-0.05, 0) is 31.2 Å². The van der Waals surface area contributed by atoms with Crippen LogP contribution in [0.2, 0.25) is 0 Å². The van der Waals surface area contributed by atoms with Crippen molar-refractivity contribution in [2.24, 2.45) is 0 Å². The molecule has 5 heteroatoms. The Hall–Kier alpha value is -1.07. The summed E-state index contributed by atoms with van der Waals surface area (Å²) < 4.78 is 37.4. The van der Waals surface area contributed by atoms with E-state index in [0.29, 0.717) is 6.42 Å². The van der Waals surface area contributed by atoms with E-state index in [0.717, 1.165) is 5.56 Å². The van der Waals surface area contributed by atoms with Crippen molar-refractivity contribution in [2.45, 2.75) is 43.9 Å². The van der Waals surface area contributed by atoms with Crippen LogP contribution in [0.15, 0.2) is 30.3 Å². The van der Waals surface area contributed by atoms with Crippen molar-refractivity contribution in [3.63, 3.8) is 0 Å². The Morgan fingerprint density at radius 2 is 1.63 bits per heavy atom. The molecule has 2 N–H and O–H groups in total. The molecule has 1 atom stereocenters. The van der Waals surface area contributed by atoms with Crippen molar-refractivity contribution >= 4 is 0 Å². The summed E-state index contributed by atoms with van der Waals surface area (Å²) in [5, 5.41) is 18.8. The lowest BCUT2D eigenvalue weighted by Crippen LogP contribution is -2.35. The van der Waals surface area contributed by atoms with E-state index < -0.39 is 18.2 Å². The van der Waals surface area contributed by atoms with Crippen LogP contribution in [0.25, 0.3) is 0 Å². The standard InChI is InChI=1S/C14H19F3O2/c15-14(16,17)11-13(19,8-4-10-18)9-7-12-5-2-1-3-6-12/h1-3,5-6,18-19H,4,7-11H2. The van der Waals surface area contributed by atoms with Gasteiger partial charge in [-0.25, -0.2) is 0 Å². The van der Waals surface area contributed by atoms with E-state index in [1.54, 1.807) is 0 Å². The molecule has 0 aliphatic rings. The van der Waals surface area contributed by atoms with E-state index in [4.69, 9.17) is 5.11 Å². The van der Waals surface area contributed by atoms with E-state index in [1.165, 1.54) is 0 Å². The molecule has 1 aromatic carbocycles.